The van der Waals surface area contributed by atoms with Gasteiger partial charge in [0.05, 0.1) is 11.9 Å². The van der Waals surface area contributed by atoms with Crippen molar-refractivity contribution in [3.63, 3.8) is 0 Å². The summed E-state index contributed by atoms with van der Waals surface area (Å²) in [5.41, 5.74) is 0. The lowest BCUT2D eigenvalue weighted by Crippen LogP contribution is -2.49. The van der Waals surface area contributed by atoms with Crippen molar-refractivity contribution in [2.24, 2.45) is 0 Å². The second kappa shape index (κ2) is 5.17. The first-order chi connectivity index (χ1) is 6.65. The third-order valence-corrected chi connectivity index (χ3v) is 2.45. The van der Waals surface area contributed by atoms with Gasteiger partial charge in [0.1, 0.15) is 6.04 Å². The zero-order valence-electron chi connectivity index (χ0n) is 7.62. The molecule has 0 bridgehead atoms. The number of carbonyl (C=O) groups is 2. The van der Waals surface area contributed by atoms with Crippen molar-refractivity contribution in [1.29, 1.82) is 0 Å². The van der Waals surface area contributed by atoms with Crippen molar-refractivity contribution < 1.29 is 14.7 Å². The highest BCUT2D eigenvalue weighted by atomic mass is 35.5. The molecule has 1 fully saturated rings. The summed E-state index contributed by atoms with van der Waals surface area (Å²) < 4.78 is 0. The average Bonchev–Trinajstić information content (AvgIpc) is 2.65. The summed E-state index contributed by atoms with van der Waals surface area (Å²) in [4.78, 5) is 22.0. The van der Waals surface area contributed by atoms with Crippen LogP contribution in [0.1, 0.15) is 12.8 Å². The van der Waals surface area contributed by atoms with Gasteiger partial charge in [-0.05, 0) is 19.4 Å². The molecule has 3 N–H and O–H groups in total. The molecule has 0 radical (unpaired) electrons. The van der Waals surface area contributed by atoms with Gasteiger partial charge >= 0.3 is 5.97 Å². The number of hydrogen-bond donors (Lipinski definition) is 3. The number of aliphatic carboxylic acids is 1. The molecule has 1 rings (SSSR count). The highest BCUT2D eigenvalue weighted by Crippen LogP contribution is 2.05. The first-order valence-corrected chi connectivity index (χ1v) is 5.01. The van der Waals surface area contributed by atoms with E-state index < -0.39 is 12.0 Å². The predicted molar refractivity (Wildman–Crippen MR) is 51.3 cm³/mol. The Hall–Kier alpha value is -0.810. The zero-order chi connectivity index (χ0) is 10.6. The third-order valence-electron chi connectivity index (χ3n) is 2.15. The monoisotopic (exact) mass is 220 g/mol. The third kappa shape index (κ3) is 2.85. The molecule has 0 spiro atoms. The highest BCUT2D eigenvalue weighted by molar-refractivity contribution is 6.19. The summed E-state index contributed by atoms with van der Waals surface area (Å²) in [5, 5.41) is 14.0. The van der Waals surface area contributed by atoms with Crippen molar-refractivity contribution in [2.75, 3.05) is 12.4 Å². The molecule has 0 aromatic heterocycles. The molecule has 0 aliphatic carbocycles. The van der Waals surface area contributed by atoms with Gasteiger partial charge < -0.3 is 15.7 Å². The van der Waals surface area contributed by atoms with Crippen LogP contribution in [0.4, 0.5) is 0 Å². The van der Waals surface area contributed by atoms with Gasteiger partial charge in [0.2, 0.25) is 5.91 Å². The minimum absolute atomic E-state index is 0.117. The number of alkyl halides is 1. The number of nitrogens with one attached hydrogen (secondary N) is 2. The number of rotatable bonds is 4. The molecule has 14 heavy (non-hydrogen) atoms. The Kier molecular flexibility index (Phi) is 4.16. The molecule has 80 valence electrons. The van der Waals surface area contributed by atoms with Gasteiger partial charge in [-0.15, -0.1) is 11.6 Å². The van der Waals surface area contributed by atoms with Crippen molar-refractivity contribution in [1.82, 2.24) is 10.6 Å². The van der Waals surface area contributed by atoms with E-state index in [1.165, 1.54) is 0 Å². The number of carbonyl (C=O) groups excluding carboxylic acids is 1. The summed E-state index contributed by atoms with van der Waals surface area (Å²) in [7, 11) is 0. The van der Waals surface area contributed by atoms with Crippen molar-refractivity contribution in [2.45, 2.75) is 24.9 Å². The fourth-order valence-electron chi connectivity index (χ4n) is 1.35. The minimum atomic E-state index is -1.11. The van der Waals surface area contributed by atoms with Crippen molar-refractivity contribution in [3.8, 4) is 0 Å². The smallest absolute Gasteiger partial charge is 0.327 e. The van der Waals surface area contributed by atoms with E-state index in [2.05, 4.69) is 10.6 Å². The fourth-order valence-corrected chi connectivity index (χ4v) is 1.56. The van der Waals surface area contributed by atoms with E-state index in [0.29, 0.717) is 0 Å². The maximum atomic E-state index is 11.4. The van der Waals surface area contributed by atoms with Gasteiger partial charge in [0.25, 0.3) is 0 Å². The normalized spacial score (nSPS) is 23.1. The van der Waals surface area contributed by atoms with E-state index in [9.17, 15) is 9.59 Å². The van der Waals surface area contributed by atoms with Crippen LogP contribution in [-0.2, 0) is 9.59 Å². The van der Waals surface area contributed by atoms with E-state index in [1.807, 2.05) is 0 Å². The molecule has 2 atom stereocenters. The Morgan fingerprint density at radius 1 is 1.64 bits per heavy atom. The van der Waals surface area contributed by atoms with E-state index in [-0.39, 0.29) is 17.8 Å². The van der Waals surface area contributed by atoms with Crippen molar-refractivity contribution in [3.05, 3.63) is 0 Å². The second-order valence-corrected chi connectivity index (χ2v) is 3.51. The molecule has 0 unspecified atom stereocenters. The molecule has 0 saturated carbocycles. The maximum Gasteiger partial charge on any atom is 0.327 e. The van der Waals surface area contributed by atoms with Gasteiger partial charge in [0, 0.05) is 0 Å². The number of halogens is 1. The molecule has 6 heteroatoms. The predicted octanol–water partition coefficient (Wildman–Crippen LogP) is -0.453. The molecule has 1 saturated heterocycles. The van der Waals surface area contributed by atoms with Crippen LogP contribution < -0.4 is 10.6 Å². The zero-order valence-corrected chi connectivity index (χ0v) is 8.38. The lowest BCUT2D eigenvalue weighted by atomic mass is 10.2. The summed E-state index contributed by atoms with van der Waals surface area (Å²) >= 11 is 5.40. The van der Waals surface area contributed by atoms with E-state index in [1.54, 1.807) is 0 Å². The first-order valence-electron chi connectivity index (χ1n) is 4.47. The van der Waals surface area contributed by atoms with Crippen LogP contribution in [0.15, 0.2) is 0 Å². The van der Waals surface area contributed by atoms with Crippen LogP contribution in [0.5, 0.6) is 0 Å². The van der Waals surface area contributed by atoms with Crippen LogP contribution in [-0.4, -0.2) is 41.5 Å². The molecule has 1 amide bonds. The lowest BCUT2D eigenvalue weighted by Gasteiger charge is -2.15. The van der Waals surface area contributed by atoms with Gasteiger partial charge in [-0.3, -0.25) is 4.79 Å². The van der Waals surface area contributed by atoms with E-state index in [4.69, 9.17) is 16.7 Å². The quantitative estimate of drug-likeness (QED) is 0.561. The second-order valence-electron chi connectivity index (χ2n) is 3.20. The Balaban J connectivity index is 2.41. The van der Waals surface area contributed by atoms with Gasteiger partial charge in [-0.1, -0.05) is 0 Å². The molecule has 0 aromatic rings. The SMILES string of the molecule is O=C(O)[C@H](CCl)NC(=O)[C@@H]1CCCN1. The van der Waals surface area contributed by atoms with Crippen molar-refractivity contribution >= 4 is 23.5 Å². The van der Waals surface area contributed by atoms with Crippen LogP contribution in [0.2, 0.25) is 0 Å². The maximum absolute atomic E-state index is 11.4. The van der Waals surface area contributed by atoms with Crippen LogP contribution in [0, 0.1) is 0 Å². The summed E-state index contributed by atoms with van der Waals surface area (Å²) in [5.74, 6) is -1.50. The van der Waals surface area contributed by atoms with Gasteiger partial charge in [0.15, 0.2) is 0 Å². The topological polar surface area (TPSA) is 78.4 Å². The largest absolute Gasteiger partial charge is 0.480 e. The molecule has 0 aromatic carbocycles. The Bertz CT molecular complexity index is 229. The molecular formula is C8H13ClN2O3. The molecule has 1 heterocycles. The summed E-state index contributed by atoms with van der Waals surface area (Å²) in [6.07, 6.45) is 1.69. The average molecular weight is 221 g/mol. The molecule has 1 aliphatic rings. The Labute approximate surface area is 86.8 Å². The van der Waals surface area contributed by atoms with Gasteiger partial charge in [-0.2, -0.15) is 0 Å². The molecule has 1 aliphatic heterocycles. The minimum Gasteiger partial charge on any atom is -0.480 e. The first kappa shape index (κ1) is 11.3. The number of carboxylic acids is 1. The summed E-state index contributed by atoms with van der Waals surface area (Å²) in [6.45, 7) is 0.802. The van der Waals surface area contributed by atoms with Gasteiger partial charge in [-0.25, -0.2) is 4.79 Å². The standard InChI is InChI=1S/C8H13ClN2O3/c9-4-6(8(13)14)11-7(12)5-2-1-3-10-5/h5-6,10H,1-4H2,(H,11,12)(H,13,14)/t5-,6-/m0/s1. The van der Waals surface area contributed by atoms with Crippen LogP contribution >= 0.6 is 11.6 Å². The Morgan fingerprint density at radius 2 is 2.36 bits per heavy atom. The van der Waals surface area contributed by atoms with Crippen LogP contribution in [0.25, 0.3) is 0 Å². The number of carboxylic acid groups (broad SMARTS) is 1. The highest BCUT2D eigenvalue weighted by Gasteiger charge is 2.26. The van der Waals surface area contributed by atoms with E-state index in [0.717, 1.165) is 19.4 Å². The number of hydrogen-bond acceptors (Lipinski definition) is 3. The number of amides is 1. The lowest BCUT2D eigenvalue weighted by molar-refractivity contribution is -0.141. The van der Waals surface area contributed by atoms with Crippen LogP contribution in [0.3, 0.4) is 0 Å². The molecular weight excluding hydrogens is 208 g/mol. The Morgan fingerprint density at radius 3 is 2.79 bits per heavy atom. The fraction of sp³-hybridized carbons (Fsp3) is 0.750. The van der Waals surface area contributed by atoms with E-state index >= 15 is 0 Å². The summed E-state index contributed by atoms with van der Waals surface area (Å²) in [6, 6.07) is -1.26. The molecule has 5 nitrogen and oxygen atoms in total.